The molecule has 0 aromatic carbocycles. The molecule has 1 aromatic rings. The van der Waals surface area contributed by atoms with Gasteiger partial charge in [-0.25, -0.2) is 8.42 Å². The standard InChI is InChI=1S/C17H26N2O3S2/c20-16(18-14-7-2-1-3-8-14)13-15-9-4-5-11-19(15)24(21,22)17-10-6-12-23-17/h6,10,12,14-15H,1-5,7-9,11,13H2,(H,18,20). The van der Waals surface area contributed by atoms with Gasteiger partial charge in [-0.3, -0.25) is 4.79 Å². The van der Waals surface area contributed by atoms with E-state index in [-0.39, 0.29) is 24.4 Å². The quantitative estimate of drug-likeness (QED) is 0.866. The summed E-state index contributed by atoms with van der Waals surface area (Å²) in [4.78, 5) is 12.4. The van der Waals surface area contributed by atoms with Crippen molar-refractivity contribution in [2.24, 2.45) is 0 Å². The zero-order valence-corrected chi connectivity index (χ0v) is 15.6. The minimum absolute atomic E-state index is 0.000166. The number of nitrogens with zero attached hydrogens (tertiary/aromatic N) is 1. The molecule has 1 saturated carbocycles. The van der Waals surface area contributed by atoms with Crippen molar-refractivity contribution in [2.45, 2.75) is 74.1 Å². The summed E-state index contributed by atoms with van der Waals surface area (Å²) in [6.45, 7) is 0.515. The van der Waals surface area contributed by atoms with Crippen molar-refractivity contribution in [2.75, 3.05) is 6.54 Å². The van der Waals surface area contributed by atoms with E-state index in [9.17, 15) is 13.2 Å². The maximum absolute atomic E-state index is 12.8. The maximum Gasteiger partial charge on any atom is 0.252 e. The van der Waals surface area contributed by atoms with Crippen molar-refractivity contribution in [3.8, 4) is 0 Å². The van der Waals surface area contributed by atoms with Crippen molar-refractivity contribution in [3.05, 3.63) is 17.5 Å². The van der Waals surface area contributed by atoms with Gasteiger partial charge >= 0.3 is 0 Å². The predicted molar refractivity (Wildman–Crippen MR) is 95.5 cm³/mol. The number of rotatable bonds is 5. The summed E-state index contributed by atoms with van der Waals surface area (Å²) in [6.07, 6.45) is 8.59. The molecule has 1 saturated heterocycles. The molecule has 1 aromatic heterocycles. The topological polar surface area (TPSA) is 66.5 Å². The Morgan fingerprint density at radius 3 is 2.62 bits per heavy atom. The number of thiophene rings is 1. The highest BCUT2D eigenvalue weighted by Crippen LogP contribution is 2.29. The fourth-order valence-corrected chi connectivity index (χ4v) is 6.58. The molecule has 2 fully saturated rings. The van der Waals surface area contributed by atoms with Gasteiger partial charge < -0.3 is 5.32 Å². The Balaban J connectivity index is 1.65. The second-order valence-corrected chi connectivity index (χ2v) is 9.87. The number of sulfonamides is 1. The summed E-state index contributed by atoms with van der Waals surface area (Å²) in [6, 6.07) is 3.46. The molecule has 1 aliphatic heterocycles. The lowest BCUT2D eigenvalue weighted by molar-refractivity contribution is -0.123. The lowest BCUT2D eigenvalue weighted by Crippen LogP contribution is -2.47. The average Bonchev–Trinajstić information content (AvgIpc) is 3.11. The maximum atomic E-state index is 12.8. The van der Waals surface area contributed by atoms with Gasteiger partial charge in [0, 0.05) is 25.0 Å². The van der Waals surface area contributed by atoms with Crippen LogP contribution in [0.5, 0.6) is 0 Å². The van der Waals surface area contributed by atoms with E-state index in [1.807, 2.05) is 0 Å². The summed E-state index contributed by atoms with van der Waals surface area (Å²) in [5, 5.41) is 4.89. The highest BCUT2D eigenvalue weighted by molar-refractivity contribution is 7.91. The van der Waals surface area contributed by atoms with E-state index < -0.39 is 10.0 Å². The van der Waals surface area contributed by atoms with Crippen LogP contribution >= 0.6 is 11.3 Å². The van der Waals surface area contributed by atoms with Crippen LogP contribution in [0.1, 0.15) is 57.8 Å². The third kappa shape index (κ3) is 4.18. The smallest absolute Gasteiger partial charge is 0.252 e. The highest BCUT2D eigenvalue weighted by atomic mass is 32.2. The number of carbonyl (C=O) groups is 1. The molecule has 1 aliphatic carbocycles. The Morgan fingerprint density at radius 1 is 1.17 bits per heavy atom. The van der Waals surface area contributed by atoms with Crippen LogP contribution in [0.3, 0.4) is 0 Å². The predicted octanol–water partition coefficient (Wildman–Crippen LogP) is 3.13. The molecule has 0 radical (unpaired) electrons. The van der Waals surface area contributed by atoms with E-state index in [0.717, 1.165) is 32.1 Å². The Labute approximate surface area is 148 Å². The van der Waals surface area contributed by atoms with Gasteiger partial charge in [-0.05, 0) is 37.1 Å². The van der Waals surface area contributed by atoms with Gasteiger partial charge in [-0.2, -0.15) is 4.31 Å². The molecular weight excluding hydrogens is 344 g/mol. The summed E-state index contributed by atoms with van der Waals surface area (Å²) < 4.78 is 27.6. The van der Waals surface area contributed by atoms with Crippen LogP contribution in [-0.2, 0) is 14.8 Å². The molecule has 1 atom stereocenters. The lowest BCUT2D eigenvalue weighted by Gasteiger charge is -2.34. The van der Waals surface area contributed by atoms with Gasteiger partial charge in [0.15, 0.2) is 0 Å². The minimum atomic E-state index is -3.47. The molecule has 7 heteroatoms. The number of nitrogens with one attached hydrogen (secondary N) is 1. The SMILES string of the molecule is O=C(CC1CCCCN1S(=O)(=O)c1cccs1)NC1CCCCC1. The molecule has 5 nitrogen and oxygen atoms in total. The van der Waals surface area contributed by atoms with E-state index in [4.69, 9.17) is 0 Å². The van der Waals surface area contributed by atoms with E-state index >= 15 is 0 Å². The van der Waals surface area contributed by atoms with E-state index in [2.05, 4.69) is 5.32 Å². The first-order valence-electron chi connectivity index (χ1n) is 8.92. The number of piperidine rings is 1. The fraction of sp³-hybridized carbons (Fsp3) is 0.706. The molecule has 1 N–H and O–H groups in total. The number of carbonyl (C=O) groups excluding carboxylic acids is 1. The Hall–Kier alpha value is -0.920. The van der Waals surface area contributed by atoms with Crippen molar-refractivity contribution >= 4 is 27.3 Å². The Kier molecular flexibility index (Phi) is 5.94. The van der Waals surface area contributed by atoms with E-state index in [1.165, 1.54) is 30.6 Å². The van der Waals surface area contributed by atoms with Crippen molar-refractivity contribution in [1.29, 1.82) is 0 Å². The monoisotopic (exact) mass is 370 g/mol. The molecular formula is C17H26N2O3S2. The summed E-state index contributed by atoms with van der Waals surface area (Å²) in [5.74, 6) is 0.000166. The molecule has 0 bridgehead atoms. The first-order valence-corrected chi connectivity index (χ1v) is 11.2. The van der Waals surface area contributed by atoms with Crippen molar-refractivity contribution in [3.63, 3.8) is 0 Å². The molecule has 1 amide bonds. The van der Waals surface area contributed by atoms with Crippen LogP contribution in [-0.4, -0.2) is 37.3 Å². The normalized spacial score (nSPS) is 23.9. The van der Waals surface area contributed by atoms with Crippen molar-refractivity contribution in [1.82, 2.24) is 9.62 Å². The molecule has 2 heterocycles. The van der Waals surface area contributed by atoms with Gasteiger partial charge in [0.25, 0.3) is 10.0 Å². The van der Waals surface area contributed by atoms with Gasteiger partial charge in [0.1, 0.15) is 4.21 Å². The van der Waals surface area contributed by atoms with E-state index in [0.29, 0.717) is 10.8 Å². The van der Waals surface area contributed by atoms with Gasteiger partial charge in [-0.1, -0.05) is 31.7 Å². The summed E-state index contributed by atoms with van der Waals surface area (Å²) >= 11 is 1.24. The Bertz CT molecular complexity index is 637. The van der Waals surface area contributed by atoms with Crippen LogP contribution in [0.2, 0.25) is 0 Å². The molecule has 24 heavy (non-hydrogen) atoms. The molecule has 1 unspecified atom stereocenters. The lowest BCUT2D eigenvalue weighted by atomic mass is 9.95. The molecule has 134 valence electrons. The van der Waals surface area contributed by atoms with E-state index in [1.54, 1.807) is 21.8 Å². The molecule has 3 rings (SSSR count). The van der Waals surface area contributed by atoms with Crippen LogP contribution in [0.4, 0.5) is 0 Å². The third-order valence-corrected chi connectivity index (χ3v) is 8.35. The summed E-state index contributed by atoms with van der Waals surface area (Å²) in [5.41, 5.74) is 0. The first kappa shape index (κ1) is 17.9. The van der Waals surface area contributed by atoms with Crippen LogP contribution in [0.25, 0.3) is 0 Å². The van der Waals surface area contributed by atoms with Crippen LogP contribution in [0.15, 0.2) is 21.7 Å². The average molecular weight is 371 g/mol. The molecule has 2 aliphatic rings. The van der Waals surface area contributed by atoms with Gasteiger partial charge in [-0.15, -0.1) is 11.3 Å². The van der Waals surface area contributed by atoms with Crippen molar-refractivity contribution < 1.29 is 13.2 Å². The zero-order chi connectivity index (χ0) is 17.0. The van der Waals surface area contributed by atoms with Gasteiger partial charge in [0.05, 0.1) is 0 Å². The fourth-order valence-electron chi connectivity index (χ4n) is 3.77. The minimum Gasteiger partial charge on any atom is -0.353 e. The highest BCUT2D eigenvalue weighted by Gasteiger charge is 2.35. The largest absolute Gasteiger partial charge is 0.353 e. The zero-order valence-electron chi connectivity index (χ0n) is 13.9. The second-order valence-electron chi connectivity index (χ2n) is 6.80. The summed E-state index contributed by atoms with van der Waals surface area (Å²) in [7, 11) is -3.47. The van der Waals surface area contributed by atoms with Gasteiger partial charge in [0.2, 0.25) is 5.91 Å². The third-order valence-electron chi connectivity index (χ3n) is 5.02. The Morgan fingerprint density at radius 2 is 1.92 bits per heavy atom. The van der Waals surface area contributed by atoms with Crippen LogP contribution < -0.4 is 5.32 Å². The number of amides is 1. The number of hydrogen-bond acceptors (Lipinski definition) is 4. The molecule has 0 spiro atoms. The second kappa shape index (κ2) is 7.97. The number of hydrogen-bond donors (Lipinski definition) is 1. The first-order chi connectivity index (χ1) is 11.6. The van der Waals surface area contributed by atoms with Crippen LogP contribution in [0, 0.1) is 0 Å².